The van der Waals surface area contributed by atoms with E-state index in [0.717, 1.165) is 25.7 Å². The van der Waals surface area contributed by atoms with E-state index >= 15 is 0 Å². The molecule has 0 heterocycles. The molecule has 2 aliphatic rings. The van der Waals surface area contributed by atoms with Crippen LogP contribution in [0.5, 0.6) is 0 Å². The Morgan fingerprint density at radius 2 is 0.840 bits per heavy atom. The first kappa shape index (κ1) is 16.8. The minimum atomic E-state index is -0.104. The molecule has 0 amide bonds. The fourth-order valence-corrected chi connectivity index (χ4v) is 5.00. The van der Waals surface area contributed by atoms with E-state index in [-0.39, 0.29) is 11.2 Å². The van der Waals surface area contributed by atoms with Crippen LogP contribution in [0.3, 0.4) is 0 Å². The molecule has 2 aromatic carbocycles. The van der Waals surface area contributed by atoms with Crippen LogP contribution in [-0.2, 0) is 15.9 Å². The van der Waals surface area contributed by atoms with Crippen LogP contribution in [0.2, 0.25) is 0 Å². The highest BCUT2D eigenvalue weighted by molar-refractivity contribution is 5.27. The molecular weight excluding hydrogens is 304 g/mol. The Bertz CT molecular complexity index is 590. The molecule has 25 heavy (non-hydrogen) atoms. The average Bonchev–Trinajstić information content (AvgIpc) is 2.71. The van der Waals surface area contributed by atoms with Gasteiger partial charge in [0.1, 0.15) is 0 Å². The van der Waals surface area contributed by atoms with Crippen molar-refractivity contribution in [2.24, 2.45) is 0 Å². The lowest BCUT2D eigenvalue weighted by Gasteiger charge is -2.48. The van der Waals surface area contributed by atoms with Gasteiger partial charge in [-0.3, -0.25) is 0 Å². The largest absolute Gasteiger partial charge is 0.359 e. The van der Waals surface area contributed by atoms with Crippen molar-refractivity contribution in [3.05, 3.63) is 71.8 Å². The molecule has 0 atom stereocenters. The Hall–Kier alpha value is -1.60. The molecule has 2 aromatic rings. The van der Waals surface area contributed by atoms with Crippen molar-refractivity contribution in [2.75, 3.05) is 0 Å². The summed E-state index contributed by atoms with van der Waals surface area (Å²) in [5.41, 5.74) is 2.56. The maximum atomic E-state index is 7.28. The van der Waals surface area contributed by atoms with Crippen LogP contribution in [0.25, 0.3) is 0 Å². The lowest BCUT2D eigenvalue weighted by molar-refractivity contribution is -0.197. The summed E-state index contributed by atoms with van der Waals surface area (Å²) >= 11 is 0. The van der Waals surface area contributed by atoms with Gasteiger partial charge in [-0.25, -0.2) is 0 Å². The van der Waals surface area contributed by atoms with E-state index in [2.05, 4.69) is 60.7 Å². The summed E-state index contributed by atoms with van der Waals surface area (Å²) in [6, 6.07) is 22.1. The Kier molecular flexibility index (Phi) is 4.94. The van der Waals surface area contributed by atoms with E-state index < -0.39 is 0 Å². The Morgan fingerprint density at radius 3 is 1.20 bits per heavy atom. The van der Waals surface area contributed by atoms with Crippen LogP contribution < -0.4 is 0 Å². The smallest absolute Gasteiger partial charge is 0.0943 e. The second-order valence-electron chi connectivity index (χ2n) is 7.94. The van der Waals surface area contributed by atoms with Crippen molar-refractivity contribution in [2.45, 2.75) is 75.4 Å². The maximum Gasteiger partial charge on any atom is 0.0943 e. The molecule has 0 radical (unpaired) electrons. The fraction of sp³-hybridized carbons (Fsp3) is 0.500. The lowest BCUT2D eigenvalue weighted by atomic mass is 9.75. The number of benzene rings is 2. The molecule has 2 saturated carbocycles. The summed E-state index contributed by atoms with van der Waals surface area (Å²) in [6.45, 7) is 0. The van der Waals surface area contributed by atoms with Gasteiger partial charge in [0.05, 0.1) is 11.2 Å². The zero-order valence-corrected chi connectivity index (χ0v) is 15.3. The van der Waals surface area contributed by atoms with Crippen LogP contribution in [0.4, 0.5) is 0 Å². The van der Waals surface area contributed by atoms with E-state index in [1.54, 1.807) is 0 Å². The van der Waals surface area contributed by atoms with E-state index in [4.69, 9.17) is 4.74 Å². The van der Waals surface area contributed by atoms with Crippen molar-refractivity contribution in [1.82, 2.24) is 0 Å². The zero-order chi connectivity index (χ0) is 17.0. The standard InChI is InChI=1S/C24H30O/c1-5-13-21(14-6-1)23(17-9-3-10-18-23)25-24(19-11-4-12-20-24)22-15-7-2-8-16-22/h1-2,5-8,13-16H,3-4,9-12,17-20H2. The van der Waals surface area contributed by atoms with Gasteiger partial charge < -0.3 is 4.74 Å². The molecule has 4 rings (SSSR count). The molecule has 132 valence electrons. The quantitative estimate of drug-likeness (QED) is 0.603. The summed E-state index contributed by atoms with van der Waals surface area (Å²) in [4.78, 5) is 0. The predicted molar refractivity (Wildman–Crippen MR) is 103 cm³/mol. The average molecular weight is 335 g/mol. The van der Waals surface area contributed by atoms with Gasteiger partial charge in [0.25, 0.3) is 0 Å². The highest BCUT2D eigenvalue weighted by Crippen LogP contribution is 2.50. The first-order valence-corrected chi connectivity index (χ1v) is 10.1. The van der Waals surface area contributed by atoms with E-state index in [9.17, 15) is 0 Å². The van der Waals surface area contributed by atoms with Crippen molar-refractivity contribution in [1.29, 1.82) is 0 Å². The highest BCUT2D eigenvalue weighted by Gasteiger charge is 2.45. The van der Waals surface area contributed by atoms with Gasteiger partial charge in [-0.05, 0) is 36.8 Å². The van der Waals surface area contributed by atoms with E-state index in [1.807, 2.05) is 0 Å². The molecule has 0 aliphatic heterocycles. The number of ether oxygens (including phenoxy) is 1. The summed E-state index contributed by atoms with van der Waals surface area (Å²) in [6.07, 6.45) is 12.4. The topological polar surface area (TPSA) is 9.23 Å². The molecule has 0 aromatic heterocycles. The van der Waals surface area contributed by atoms with Gasteiger partial charge in [0.15, 0.2) is 0 Å². The van der Waals surface area contributed by atoms with Crippen LogP contribution in [-0.4, -0.2) is 0 Å². The normalized spacial score (nSPS) is 22.4. The third-order valence-corrected chi connectivity index (χ3v) is 6.31. The third kappa shape index (κ3) is 3.40. The summed E-state index contributed by atoms with van der Waals surface area (Å²) in [7, 11) is 0. The molecule has 1 nitrogen and oxygen atoms in total. The number of hydrogen-bond acceptors (Lipinski definition) is 1. The van der Waals surface area contributed by atoms with Gasteiger partial charge in [-0.15, -0.1) is 0 Å². The summed E-state index contributed by atoms with van der Waals surface area (Å²) < 4.78 is 7.28. The fourth-order valence-electron chi connectivity index (χ4n) is 5.00. The van der Waals surface area contributed by atoms with Crippen molar-refractivity contribution < 1.29 is 4.74 Å². The number of rotatable bonds is 4. The SMILES string of the molecule is c1ccc(C2(OC3(c4ccccc4)CCCCC3)CCCCC2)cc1. The Morgan fingerprint density at radius 1 is 0.480 bits per heavy atom. The molecule has 0 spiro atoms. The molecular formula is C24H30O. The van der Waals surface area contributed by atoms with Gasteiger partial charge in [-0.1, -0.05) is 99.2 Å². The maximum absolute atomic E-state index is 7.28. The predicted octanol–water partition coefficient (Wildman–Crippen LogP) is 6.72. The van der Waals surface area contributed by atoms with Gasteiger partial charge in [0.2, 0.25) is 0 Å². The number of hydrogen-bond donors (Lipinski definition) is 0. The minimum Gasteiger partial charge on any atom is -0.359 e. The summed E-state index contributed by atoms with van der Waals surface area (Å²) in [5, 5.41) is 0. The molecule has 0 bridgehead atoms. The first-order valence-electron chi connectivity index (χ1n) is 10.1. The zero-order valence-electron chi connectivity index (χ0n) is 15.3. The Labute approximate surface area is 152 Å². The van der Waals surface area contributed by atoms with Crippen molar-refractivity contribution in [3.63, 3.8) is 0 Å². The molecule has 2 fully saturated rings. The molecule has 1 heteroatoms. The van der Waals surface area contributed by atoms with Crippen LogP contribution in [0, 0.1) is 0 Å². The Balaban J connectivity index is 1.74. The monoisotopic (exact) mass is 334 g/mol. The molecule has 0 N–H and O–H groups in total. The molecule has 2 aliphatic carbocycles. The third-order valence-electron chi connectivity index (χ3n) is 6.31. The second-order valence-corrected chi connectivity index (χ2v) is 7.94. The van der Waals surface area contributed by atoms with Gasteiger partial charge in [0, 0.05) is 0 Å². The summed E-state index contributed by atoms with van der Waals surface area (Å²) in [5.74, 6) is 0. The molecule has 0 unspecified atom stereocenters. The van der Waals surface area contributed by atoms with E-state index in [1.165, 1.54) is 49.7 Å². The van der Waals surface area contributed by atoms with E-state index in [0.29, 0.717) is 0 Å². The van der Waals surface area contributed by atoms with Crippen LogP contribution in [0.1, 0.15) is 75.3 Å². The minimum absolute atomic E-state index is 0.104. The first-order chi connectivity index (χ1) is 12.3. The van der Waals surface area contributed by atoms with Gasteiger partial charge in [-0.2, -0.15) is 0 Å². The van der Waals surface area contributed by atoms with Gasteiger partial charge >= 0.3 is 0 Å². The van der Waals surface area contributed by atoms with Crippen molar-refractivity contribution >= 4 is 0 Å². The van der Waals surface area contributed by atoms with Crippen molar-refractivity contribution in [3.8, 4) is 0 Å². The molecule has 0 saturated heterocycles. The lowest BCUT2D eigenvalue weighted by Crippen LogP contribution is -2.43. The van der Waals surface area contributed by atoms with Crippen LogP contribution in [0.15, 0.2) is 60.7 Å². The second kappa shape index (κ2) is 7.33. The highest BCUT2D eigenvalue weighted by atomic mass is 16.5. The van der Waals surface area contributed by atoms with Crippen LogP contribution >= 0.6 is 0 Å².